The molecule has 2 heterocycles. The fraction of sp³-hybridized carbons (Fsp3) is 0.565. The lowest BCUT2D eigenvalue weighted by Gasteiger charge is -2.38. The zero-order valence-corrected chi connectivity index (χ0v) is 49.9. The van der Waals surface area contributed by atoms with Crippen molar-refractivity contribution in [1.82, 2.24) is 0 Å². The van der Waals surface area contributed by atoms with Crippen LogP contribution in [0.2, 0.25) is 72.5 Å². The van der Waals surface area contributed by atoms with Crippen molar-refractivity contribution in [2.75, 3.05) is 0 Å². The average molecular weight is 1180 g/mol. The maximum Gasteiger partial charge on any atom is 0.146 e. The van der Waals surface area contributed by atoms with Crippen molar-refractivity contribution in [3.05, 3.63) is 67.4 Å². The van der Waals surface area contributed by atoms with E-state index in [1.807, 2.05) is 11.3 Å². The maximum absolute atomic E-state index is 3.85. The fourth-order valence-electron chi connectivity index (χ4n) is 7.90. The molecule has 0 aliphatic carbocycles. The van der Waals surface area contributed by atoms with Crippen LogP contribution < -0.4 is 0 Å². The molecule has 0 atom stereocenters. The second kappa shape index (κ2) is 22.8. The summed E-state index contributed by atoms with van der Waals surface area (Å²) in [5, 5.41) is 0. The number of rotatable bonds is 10. The Balaban J connectivity index is 0.000000550. The van der Waals surface area contributed by atoms with Gasteiger partial charge in [-0.05, 0) is 112 Å². The van der Waals surface area contributed by atoms with Gasteiger partial charge in [-0.15, -0.1) is 33.8 Å². The molecule has 0 bridgehead atoms. The van der Waals surface area contributed by atoms with Gasteiger partial charge in [0.25, 0.3) is 0 Å². The van der Waals surface area contributed by atoms with Gasteiger partial charge in [0, 0.05) is 14.0 Å². The predicted molar refractivity (Wildman–Crippen MR) is 293 cm³/mol. The van der Waals surface area contributed by atoms with Crippen molar-refractivity contribution in [2.45, 2.75) is 169 Å². The van der Waals surface area contributed by atoms with Crippen LogP contribution in [-0.4, -0.2) is 32.3 Å². The summed E-state index contributed by atoms with van der Waals surface area (Å²) in [5.41, 5.74) is 14.3. The van der Waals surface area contributed by atoms with E-state index in [1.54, 1.807) is 14.5 Å². The predicted octanol–water partition coefficient (Wildman–Crippen LogP) is 17.9. The fourth-order valence-corrected chi connectivity index (χ4v) is 23.7. The summed E-state index contributed by atoms with van der Waals surface area (Å²) in [5.74, 6) is 13.9. The van der Waals surface area contributed by atoms with Crippen molar-refractivity contribution in [1.29, 1.82) is 0 Å². The molecule has 0 amide bonds. The van der Waals surface area contributed by atoms with Gasteiger partial charge in [-0.3, -0.25) is 0 Å². The topological polar surface area (TPSA) is 0 Å². The molecular formula is C46H71I3S2Si4. The summed E-state index contributed by atoms with van der Waals surface area (Å²) in [4.78, 5) is 4.80. The Morgan fingerprint density at radius 1 is 0.527 bits per heavy atom. The van der Waals surface area contributed by atoms with Gasteiger partial charge in [-0.25, -0.2) is 0 Å². The minimum Gasteiger partial charge on any atom is -0.126 e. The van der Waals surface area contributed by atoms with Crippen molar-refractivity contribution >= 4 is 126 Å². The van der Waals surface area contributed by atoms with Crippen LogP contribution in [-0.2, 0) is 0 Å². The van der Waals surface area contributed by atoms with Crippen LogP contribution in [0.15, 0.2) is 47.9 Å². The van der Waals surface area contributed by atoms with Crippen LogP contribution in [0.3, 0.4) is 0 Å². The van der Waals surface area contributed by atoms with Crippen LogP contribution in [0.4, 0.5) is 0 Å². The van der Waals surface area contributed by atoms with E-state index in [0.29, 0.717) is 33.2 Å². The van der Waals surface area contributed by atoms with Crippen LogP contribution >= 0.6 is 90.4 Å². The highest BCUT2D eigenvalue weighted by atomic mass is 127. The van der Waals surface area contributed by atoms with Gasteiger partial charge < -0.3 is 0 Å². The van der Waals surface area contributed by atoms with Crippen LogP contribution in [0.25, 0.3) is 3.58 Å². The monoisotopic (exact) mass is 1180 g/mol. The number of hydrogen-bond acceptors (Lipinski definition) is 2. The van der Waals surface area contributed by atoms with Crippen LogP contribution in [0.5, 0.6) is 0 Å². The molecule has 0 nitrogen and oxygen atoms in total. The molecule has 0 N–H and O–H groups in total. The van der Waals surface area contributed by atoms with Crippen LogP contribution in [0.1, 0.15) is 116 Å². The lowest BCUT2D eigenvalue weighted by Crippen LogP contribution is -2.43. The number of halogens is 3. The van der Waals surface area contributed by atoms with Crippen molar-refractivity contribution in [2.24, 2.45) is 0 Å². The summed E-state index contributed by atoms with van der Waals surface area (Å²) in [7, 11) is -5.85. The Morgan fingerprint density at radius 2 is 0.873 bits per heavy atom. The molecule has 2 aromatic rings. The van der Waals surface area contributed by atoms with E-state index in [9.17, 15) is 0 Å². The lowest BCUT2D eigenvalue weighted by molar-refractivity contribution is 0.838. The Labute approximate surface area is 393 Å². The molecule has 0 unspecified atom stereocenters. The van der Waals surface area contributed by atoms with E-state index in [4.69, 9.17) is 0 Å². The van der Waals surface area contributed by atoms with Gasteiger partial charge in [0.15, 0.2) is 0 Å². The largest absolute Gasteiger partial charge is 0.146 e. The molecular weight excluding hydrogens is 1110 g/mol. The number of thiophene rings is 2. The van der Waals surface area contributed by atoms with Gasteiger partial charge in [0.2, 0.25) is 0 Å². The van der Waals surface area contributed by atoms with E-state index < -0.39 is 32.3 Å². The molecule has 2 rings (SSSR count). The van der Waals surface area contributed by atoms with Gasteiger partial charge >= 0.3 is 0 Å². The molecule has 0 saturated carbocycles. The molecule has 9 heteroatoms. The smallest absolute Gasteiger partial charge is 0.126 e. The van der Waals surface area contributed by atoms with Gasteiger partial charge in [-0.2, -0.15) is 0 Å². The highest BCUT2D eigenvalue weighted by molar-refractivity contribution is 14.1. The number of allylic oxidation sites excluding steroid dienone is 3. The maximum atomic E-state index is 3.85. The second-order valence-corrected chi connectivity index (χ2v) is 47.5. The molecule has 2 aromatic heterocycles. The molecule has 0 aromatic carbocycles. The first-order valence-corrected chi connectivity index (χ1v) is 36.3. The highest BCUT2D eigenvalue weighted by Crippen LogP contribution is 2.42. The third kappa shape index (κ3) is 15.1. The minimum absolute atomic E-state index is 0.667. The second-order valence-electron chi connectivity index (χ2n) is 18.8. The van der Waals surface area contributed by atoms with Crippen molar-refractivity contribution < 1.29 is 0 Å². The third-order valence-corrected chi connectivity index (χ3v) is 41.3. The van der Waals surface area contributed by atoms with Crippen molar-refractivity contribution in [3.8, 4) is 34.8 Å². The average Bonchev–Trinajstić information content (AvgIpc) is 3.72. The van der Waals surface area contributed by atoms with E-state index >= 15 is 0 Å². The minimum atomic E-state index is -1.67. The first kappa shape index (κ1) is 53.4. The van der Waals surface area contributed by atoms with E-state index in [0.717, 1.165) is 9.75 Å². The Kier molecular flexibility index (Phi) is 22.1. The molecule has 0 spiro atoms. The van der Waals surface area contributed by atoms with Gasteiger partial charge in [0.1, 0.15) is 16.1 Å². The summed E-state index contributed by atoms with van der Waals surface area (Å²) in [6.07, 6.45) is 2.35. The summed E-state index contributed by atoms with van der Waals surface area (Å²) >= 11 is 11.1. The Bertz CT molecular complexity index is 1830. The lowest BCUT2D eigenvalue weighted by atomic mass is 10.3. The van der Waals surface area contributed by atoms with Crippen molar-refractivity contribution in [3.63, 3.8) is 0 Å². The number of hydrogen-bond donors (Lipinski definition) is 0. The first-order chi connectivity index (χ1) is 25.0. The van der Waals surface area contributed by atoms with Crippen LogP contribution in [0, 0.1) is 34.8 Å². The van der Waals surface area contributed by atoms with E-state index in [1.165, 1.54) is 27.7 Å². The van der Waals surface area contributed by atoms with Gasteiger partial charge in [0.05, 0.1) is 30.8 Å². The molecule has 0 aliphatic heterocycles. The molecule has 0 radical (unpaired) electrons. The first-order valence-electron chi connectivity index (χ1n) is 19.9. The summed E-state index contributed by atoms with van der Waals surface area (Å²) in [6, 6.07) is 8.72. The standard InChI is InChI=1S/C23H36I2SSi2.C23H35ISSi2/c1-16(2)28(17(3)4,18(5)6)14-13-20-11-12-22(26-20)21(24)15-19(7)23(25)27(8,9)10;1-17(2)27(18(3)4,19(5)6)16-15-22-14-13-21(25-22)12-11-20(7)23(24)26(8,9)10/h11-12,15-18H,1-10H3;13-14,17-19H,1-10H3/b21-15-,23-19+;23-20+. The molecule has 304 valence electrons. The SMILES string of the molecule is C/C(C#Cc1ccc(C#C[Si](C(C)C)(C(C)C)C(C)C)s1)=C(/I)[Si](C)(C)C.CC(/C=C(\I)c1ccc(C#C[Si](C(C)C)(C(C)C)C(C)C)s1)=C(/I)[Si](C)(C)C. The molecule has 0 fully saturated rings. The highest BCUT2D eigenvalue weighted by Gasteiger charge is 2.42. The summed E-state index contributed by atoms with van der Waals surface area (Å²) in [6.45, 7) is 47.2. The third-order valence-electron chi connectivity index (χ3n) is 10.7. The van der Waals surface area contributed by atoms with Gasteiger partial charge in [-0.1, -0.05) is 191 Å². The Morgan fingerprint density at radius 3 is 1.24 bits per heavy atom. The Hall–Kier alpha value is 0.358. The molecule has 0 aliphatic rings. The van der Waals surface area contributed by atoms with E-state index in [-0.39, 0.29) is 0 Å². The normalized spacial score (nSPS) is 13.9. The molecule has 0 saturated heterocycles. The quantitative estimate of drug-likeness (QED) is 0.0963. The summed E-state index contributed by atoms with van der Waals surface area (Å²) < 4.78 is 4.34. The van der Waals surface area contributed by atoms with E-state index in [2.05, 4.69) is 269 Å². The molecule has 55 heavy (non-hydrogen) atoms. The zero-order chi connectivity index (χ0) is 42.9. The zero-order valence-electron chi connectivity index (χ0n) is 37.8.